The summed E-state index contributed by atoms with van der Waals surface area (Å²) >= 11 is 1.26. The Bertz CT molecular complexity index is 996. The van der Waals surface area contributed by atoms with Gasteiger partial charge < -0.3 is 11.1 Å². The number of hydrogen-bond donors (Lipinski definition) is 2. The predicted molar refractivity (Wildman–Crippen MR) is 99.6 cm³/mol. The molecule has 2 heterocycles. The maximum absolute atomic E-state index is 12.2. The number of thiophene rings is 1. The van der Waals surface area contributed by atoms with E-state index in [4.69, 9.17) is 5.73 Å². The van der Waals surface area contributed by atoms with Crippen molar-refractivity contribution in [3.05, 3.63) is 74.9 Å². The van der Waals surface area contributed by atoms with Crippen molar-refractivity contribution < 1.29 is 14.5 Å². The van der Waals surface area contributed by atoms with Crippen molar-refractivity contribution in [2.24, 2.45) is 5.73 Å². The van der Waals surface area contributed by atoms with Gasteiger partial charge in [0, 0.05) is 11.3 Å². The molecule has 0 radical (unpaired) electrons. The van der Waals surface area contributed by atoms with Gasteiger partial charge in [-0.2, -0.15) is 5.10 Å². The van der Waals surface area contributed by atoms with Gasteiger partial charge in [-0.25, -0.2) is 0 Å². The van der Waals surface area contributed by atoms with E-state index >= 15 is 0 Å². The number of carbonyl (C=O) groups is 2. The van der Waals surface area contributed by atoms with Gasteiger partial charge in [-0.3, -0.25) is 24.4 Å². The molecule has 0 atom stereocenters. The van der Waals surface area contributed by atoms with Crippen molar-refractivity contribution in [3.8, 4) is 0 Å². The molecule has 0 aliphatic rings. The third kappa shape index (κ3) is 4.55. The van der Waals surface area contributed by atoms with E-state index < -0.39 is 16.7 Å². The Kier molecular flexibility index (Phi) is 5.27. The number of nitrogens with one attached hydrogen (secondary N) is 1. The van der Waals surface area contributed by atoms with Gasteiger partial charge in [-0.1, -0.05) is 30.3 Å². The first-order valence-electron chi connectivity index (χ1n) is 7.85. The average molecular weight is 385 g/mol. The van der Waals surface area contributed by atoms with Crippen LogP contribution in [0.25, 0.3) is 0 Å². The minimum atomic E-state index is -0.643. The van der Waals surface area contributed by atoms with Crippen LogP contribution in [0.4, 0.5) is 10.7 Å². The SMILES string of the molecule is NC(=O)c1cc(Cc2ccccc2)sc1NC(=O)Cn1cc([N+](=O)[O-])cn1. The highest BCUT2D eigenvalue weighted by Gasteiger charge is 2.17. The lowest BCUT2D eigenvalue weighted by Gasteiger charge is -2.04. The normalized spacial score (nSPS) is 10.5. The fourth-order valence-electron chi connectivity index (χ4n) is 2.45. The van der Waals surface area contributed by atoms with Crippen LogP contribution in [0.1, 0.15) is 20.8 Å². The van der Waals surface area contributed by atoms with Crippen LogP contribution in [0, 0.1) is 10.1 Å². The van der Waals surface area contributed by atoms with E-state index in [2.05, 4.69) is 10.4 Å². The third-order valence-electron chi connectivity index (χ3n) is 3.66. The standard InChI is InChI=1S/C17H15N5O4S/c18-16(24)14-7-13(6-11-4-2-1-3-5-11)27-17(14)20-15(23)10-21-9-12(8-19-21)22(25)26/h1-5,7-9H,6,10H2,(H2,18,24)(H,20,23). The number of nitro groups is 1. The number of nitrogens with two attached hydrogens (primary N) is 1. The molecule has 0 saturated carbocycles. The Labute approximate surface area is 157 Å². The largest absolute Gasteiger partial charge is 0.366 e. The summed E-state index contributed by atoms with van der Waals surface area (Å²) in [6.45, 7) is -0.224. The van der Waals surface area contributed by atoms with E-state index in [0.29, 0.717) is 11.4 Å². The number of hydrogen-bond acceptors (Lipinski definition) is 6. The molecule has 0 fully saturated rings. The lowest BCUT2D eigenvalue weighted by molar-refractivity contribution is -0.385. The van der Waals surface area contributed by atoms with Crippen molar-refractivity contribution >= 4 is 33.8 Å². The van der Waals surface area contributed by atoms with Crippen LogP contribution >= 0.6 is 11.3 Å². The number of amides is 2. The lowest BCUT2D eigenvalue weighted by Crippen LogP contribution is -2.20. The number of carbonyl (C=O) groups excluding carboxylic acids is 2. The van der Waals surface area contributed by atoms with Gasteiger partial charge in [0.2, 0.25) is 5.91 Å². The summed E-state index contributed by atoms with van der Waals surface area (Å²) in [5.74, 6) is -1.11. The van der Waals surface area contributed by atoms with Crippen LogP contribution in [-0.4, -0.2) is 26.5 Å². The Morgan fingerprint density at radius 3 is 2.67 bits per heavy atom. The summed E-state index contributed by atoms with van der Waals surface area (Å²) in [4.78, 5) is 34.9. The topological polar surface area (TPSA) is 133 Å². The maximum atomic E-state index is 12.2. The Hall–Kier alpha value is -3.53. The molecule has 0 saturated heterocycles. The Morgan fingerprint density at radius 1 is 1.30 bits per heavy atom. The smallest absolute Gasteiger partial charge is 0.307 e. The number of primary amides is 1. The molecule has 1 aromatic carbocycles. The number of nitrogens with zero attached hydrogens (tertiary/aromatic N) is 3. The highest BCUT2D eigenvalue weighted by Crippen LogP contribution is 2.29. The zero-order chi connectivity index (χ0) is 19.4. The van der Waals surface area contributed by atoms with Crippen molar-refractivity contribution in [1.29, 1.82) is 0 Å². The summed E-state index contributed by atoms with van der Waals surface area (Å²) in [5, 5.41) is 17.4. The molecule has 0 aliphatic carbocycles. The first-order chi connectivity index (χ1) is 12.9. The molecular weight excluding hydrogens is 370 g/mol. The summed E-state index contributed by atoms with van der Waals surface area (Å²) in [5.41, 5.74) is 6.50. The van der Waals surface area contributed by atoms with Crippen LogP contribution in [0.5, 0.6) is 0 Å². The van der Waals surface area contributed by atoms with Crippen molar-refractivity contribution in [2.75, 3.05) is 5.32 Å². The van der Waals surface area contributed by atoms with Gasteiger partial charge in [-0.15, -0.1) is 11.3 Å². The highest BCUT2D eigenvalue weighted by molar-refractivity contribution is 7.16. The Balaban J connectivity index is 1.73. The van der Waals surface area contributed by atoms with Crippen LogP contribution in [0.2, 0.25) is 0 Å². The molecule has 138 valence electrons. The molecule has 10 heteroatoms. The molecule has 0 spiro atoms. The van der Waals surface area contributed by atoms with Crippen LogP contribution in [0.15, 0.2) is 48.8 Å². The van der Waals surface area contributed by atoms with E-state index in [9.17, 15) is 19.7 Å². The number of aromatic nitrogens is 2. The molecule has 9 nitrogen and oxygen atoms in total. The monoisotopic (exact) mass is 385 g/mol. The fourth-order valence-corrected chi connectivity index (χ4v) is 3.56. The first-order valence-corrected chi connectivity index (χ1v) is 8.67. The molecule has 3 aromatic rings. The number of benzene rings is 1. The van der Waals surface area contributed by atoms with Gasteiger partial charge in [0.15, 0.2) is 0 Å². The van der Waals surface area contributed by atoms with Gasteiger partial charge in [0.05, 0.1) is 10.5 Å². The predicted octanol–water partition coefficient (Wildman–Crippen LogP) is 2.18. The summed E-state index contributed by atoms with van der Waals surface area (Å²) in [7, 11) is 0. The molecule has 3 rings (SSSR count). The van der Waals surface area contributed by atoms with E-state index in [-0.39, 0.29) is 17.8 Å². The van der Waals surface area contributed by atoms with Gasteiger partial charge in [0.1, 0.15) is 23.9 Å². The minimum Gasteiger partial charge on any atom is -0.366 e. The zero-order valence-corrected chi connectivity index (χ0v) is 14.8. The molecule has 0 aliphatic heterocycles. The summed E-state index contributed by atoms with van der Waals surface area (Å²) in [6, 6.07) is 11.3. The van der Waals surface area contributed by atoms with Gasteiger partial charge >= 0.3 is 5.69 Å². The van der Waals surface area contributed by atoms with Crippen molar-refractivity contribution in [3.63, 3.8) is 0 Å². The second-order valence-electron chi connectivity index (χ2n) is 5.68. The summed E-state index contributed by atoms with van der Waals surface area (Å²) in [6.07, 6.45) is 2.82. The van der Waals surface area contributed by atoms with Crippen LogP contribution in [-0.2, 0) is 17.8 Å². The molecule has 0 unspecified atom stereocenters. The van der Waals surface area contributed by atoms with Crippen LogP contribution < -0.4 is 11.1 Å². The maximum Gasteiger partial charge on any atom is 0.307 e. The van der Waals surface area contributed by atoms with E-state index in [0.717, 1.165) is 27.5 Å². The molecule has 2 aromatic heterocycles. The minimum absolute atomic E-state index is 0.207. The van der Waals surface area contributed by atoms with Crippen molar-refractivity contribution in [2.45, 2.75) is 13.0 Å². The first kappa shape index (κ1) is 18.3. The average Bonchev–Trinajstić information content (AvgIpc) is 3.23. The van der Waals surface area contributed by atoms with Crippen LogP contribution in [0.3, 0.4) is 0 Å². The molecule has 0 bridgehead atoms. The van der Waals surface area contributed by atoms with Gasteiger partial charge in [-0.05, 0) is 11.6 Å². The quantitative estimate of drug-likeness (QED) is 0.475. The second kappa shape index (κ2) is 7.79. The zero-order valence-electron chi connectivity index (χ0n) is 14.0. The molecular formula is C17H15N5O4S. The lowest BCUT2D eigenvalue weighted by atomic mass is 10.1. The number of rotatable bonds is 7. The van der Waals surface area contributed by atoms with E-state index in [1.807, 2.05) is 30.3 Å². The van der Waals surface area contributed by atoms with E-state index in [1.165, 1.54) is 11.3 Å². The Morgan fingerprint density at radius 2 is 2.04 bits per heavy atom. The number of anilines is 1. The van der Waals surface area contributed by atoms with Crippen molar-refractivity contribution in [1.82, 2.24) is 9.78 Å². The highest BCUT2D eigenvalue weighted by atomic mass is 32.1. The van der Waals surface area contributed by atoms with E-state index in [1.54, 1.807) is 6.07 Å². The molecule has 2 amide bonds. The fraction of sp³-hybridized carbons (Fsp3) is 0.118. The third-order valence-corrected chi connectivity index (χ3v) is 4.71. The summed E-state index contributed by atoms with van der Waals surface area (Å²) < 4.78 is 1.15. The molecule has 27 heavy (non-hydrogen) atoms. The van der Waals surface area contributed by atoms with Gasteiger partial charge in [0.25, 0.3) is 5.91 Å². The molecule has 3 N–H and O–H groups in total. The second-order valence-corrected chi connectivity index (χ2v) is 6.82.